The standard InChI is InChI=1S/C14H19N5O/c1-10(11-3-2-4-15-8-11)7-13-18-14(19-20-13)12-9-16-5-6-17-12/h5-6,9-11,15H,2-4,7-8H2,1H3. The molecular formula is C14H19N5O. The number of nitrogens with zero attached hydrogens (tertiary/aromatic N) is 4. The van der Waals surface area contributed by atoms with Gasteiger partial charge in [-0.25, -0.2) is 4.98 Å². The van der Waals surface area contributed by atoms with Crippen LogP contribution in [0.4, 0.5) is 0 Å². The summed E-state index contributed by atoms with van der Waals surface area (Å²) in [5.74, 6) is 2.43. The summed E-state index contributed by atoms with van der Waals surface area (Å²) in [5.41, 5.74) is 0.648. The van der Waals surface area contributed by atoms with Crippen LogP contribution in [0.1, 0.15) is 25.7 Å². The number of piperidine rings is 1. The molecule has 3 heterocycles. The van der Waals surface area contributed by atoms with Crippen molar-refractivity contribution in [2.45, 2.75) is 26.2 Å². The summed E-state index contributed by atoms with van der Waals surface area (Å²) in [6.07, 6.45) is 8.25. The molecule has 3 rings (SSSR count). The van der Waals surface area contributed by atoms with Crippen LogP contribution >= 0.6 is 0 Å². The highest BCUT2D eigenvalue weighted by Crippen LogP contribution is 2.23. The van der Waals surface area contributed by atoms with Gasteiger partial charge < -0.3 is 9.84 Å². The smallest absolute Gasteiger partial charge is 0.227 e. The van der Waals surface area contributed by atoms with Crippen molar-refractivity contribution in [1.82, 2.24) is 25.4 Å². The molecule has 2 aromatic heterocycles. The van der Waals surface area contributed by atoms with E-state index < -0.39 is 0 Å². The van der Waals surface area contributed by atoms with E-state index in [0.29, 0.717) is 29.2 Å². The van der Waals surface area contributed by atoms with Crippen LogP contribution in [0.25, 0.3) is 11.5 Å². The summed E-state index contributed by atoms with van der Waals surface area (Å²) < 4.78 is 5.33. The zero-order valence-electron chi connectivity index (χ0n) is 11.6. The second-order valence-corrected chi connectivity index (χ2v) is 5.39. The average Bonchev–Trinajstić information content (AvgIpc) is 2.97. The first kappa shape index (κ1) is 13.2. The first-order chi connectivity index (χ1) is 9.83. The Hall–Kier alpha value is -1.82. The number of nitrogens with one attached hydrogen (secondary N) is 1. The molecule has 106 valence electrons. The molecule has 1 aliphatic rings. The van der Waals surface area contributed by atoms with Crippen molar-refractivity contribution in [3.05, 3.63) is 24.5 Å². The molecule has 0 radical (unpaired) electrons. The maximum atomic E-state index is 5.33. The van der Waals surface area contributed by atoms with E-state index in [1.54, 1.807) is 18.6 Å². The van der Waals surface area contributed by atoms with Crippen LogP contribution in [-0.4, -0.2) is 33.2 Å². The minimum absolute atomic E-state index is 0.516. The Morgan fingerprint density at radius 1 is 1.45 bits per heavy atom. The monoisotopic (exact) mass is 273 g/mol. The van der Waals surface area contributed by atoms with Gasteiger partial charge in [0.2, 0.25) is 11.7 Å². The fourth-order valence-corrected chi connectivity index (χ4v) is 2.66. The van der Waals surface area contributed by atoms with Gasteiger partial charge in [-0.2, -0.15) is 4.98 Å². The molecule has 1 N–H and O–H groups in total. The molecular weight excluding hydrogens is 254 g/mol. The molecule has 0 aliphatic carbocycles. The highest BCUT2D eigenvalue weighted by atomic mass is 16.5. The quantitative estimate of drug-likeness (QED) is 0.913. The Morgan fingerprint density at radius 3 is 3.15 bits per heavy atom. The van der Waals surface area contributed by atoms with Crippen LogP contribution in [0.3, 0.4) is 0 Å². The lowest BCUT2D eigenvalue weighted by atomic mass is 9.85. The maximum Gasteiger partial charge on any atom is 0.227 e. The van der Waals surface area contributed by atoms with Crippen molar-refractivity contribution in [1.29, 1.82) is 0 Å². The highest BCUT2D eigenvalue weighted by molar-refractivity contribution is 5.45. The van der Waals surface area contributed by atoms with Gasteiger partial charge in [0.25, 0.3) is 0 Å². The summed E-state index contributed by atoms with van der Waals surface area (Å²) in [5, 5.41) is 7.43. The largest absolute Gasteiger partial charge is 0.339 e. The first-order valence-corrected chi connectivity index (χ1v) is 7.12. The second-order valence-electron chi connectivity index (χ2n) is 5.39. The van der Waals surface area contributed by atoms with E-state index >= 15 is 0 Å². The third-order valence-corrected chi connectivity index (χ3v) is 3.90. The van der Waals surface area contributed by atoms with Crippen molar-refractivity contribution < 1.29 is 4.52 Å². The predicted molar refractivity (Wildman–Crippen MR) is 73.8 cm³/mol. The Kier molecular flexibility index (Phi) is 4.01. The molecule has 0 spiro atoms. The van der Waals surface area contributed by atoms with E-state index in [1.165, 1.54) is 12.8 Å². The highest BCUT2D eigenvalue weighted by Gasteiger charge is 2.22. The fraction of sp³-hybridized carbons (Fsp3) is 0.571. The Bertz CT molecular complexity index is 536. The van der Waals surface area contributed by atoms with E-state index in [9.17, 15) is 0 Å². The molecule has 2 unspecified atom stereocenters. The van der Waals surface area contributed by atoms with Gasteiger partial charge in [0.15, 0.2) is 0 Å². The third kappa shape index (κ3) is 3.01. The molecule has 1 fully saturated rings. The lowest BCUT2D eigenvalue weighted by molar-refractivity contribution is 0.257. The van der Waals surface area contributed by atoms with Gasteiger partial charge in [-0.3, -0.25) is 4.98 Å². The zero-order chi connectivity index (χ0) is 13.8. The summed E-state index contributed by atoms with van der Waals surface area (Å²) in [6.45, 7) is 4.48. The lowest BCUT2D eigenvalue weighted by Crippen LogP contribution is -2.33. The Morgan fingerprint density at radius 2 is 2.40 bits per heavy atom. The van der Waals surface area contributed by atoms with Crippen LogP contribution in [0.2, 0.25) is 0 Å². The van der Waals surface area contributed by atoms with Crippen LogP contribution < -0.4 is 5.32 Å². The molecule has 20 heavy (non-hydrogen) atoms. The molecule has 6 heteroatoms. The van der Waals surface area contributed by atoms with E-state index in [1.807, 2.05) is 0 Å². The number of hydrogen-bond donors (Lipinski definition) is 1. The lowest BCUT2D eigenvalue weighted by Gasteiger charge is -2.27. The van der Waals surface area contributed by atoms with Gasteiger partial charge in [0.05, 0.1) is 6.20 Å². The summed E-state index contributed by atoms with van der Waals surface area (Å²) in [7, 11) is 0. The van der Waals surface area contributed by atoms with Crippen molar-refractivity contribution >= 4 is 0 Å². The summed E-state index contributed by atoms with van der Waals surface area (Å²) in [6, 6.07) is 0. The van der Waals surface area contributed by atoms with Gasteiger partial charge in [0.1, 0.15) is 5.69 Å². The molecule has 0 aromatic carbocycles. The molecule has 0 bridgehead atoms. The van der Waals surface area contributed by atoms with Gasteiger partial charge in [-0.1, -0.05) is 12.1 Å². The van der Waals surface area contributed by atoms with E-state index in [2.05, 4.69) is 32.3 Å². The Labute approximate surface area is 118 Å². The maximum absolute atomic E-state index is 5.33. The number of rotatable bonds is 4. The van der Waals surface area contributed by atoms with Gasteiger partial charge >= 0.3 is 0 Å². The van der Waals surface area contributed by atoms with Crippen LogP contribution in [0.5, 0.6) is 0 Å². The summed E-state index contributed by atoms with van der Waals surface area (Å²) >= 11 is 0. The molecule has 0 amide bonds. The first-order valence-electron chi connectivity index (χ1n) is 7.12. The second kappa shape index (κ2) is 6.09. The molecule has 2 aromatic rings. The van der Waals surface area contributed by atoms with Gasteiger partial charge in [-0.15, -0.1) is 0 Å². The van der Waals surface area contributed by atoms with Gasteiger partial charge in [0, 0.05) is 18.8 Å². The van der Waals surface area contributed by atoms with E-state index in [0.717, 1.165) is 19.5 Å². The molecule has 1 aliphatic heterocycles. The SMILES string of the molecule is CC(Cc1nc(-c2cnccn2)no1)C1CCCNC1. The molecule has 6 nitrogen and oxygen atoms in total. The predicted octanol–water partition coefficient (Wildman–Crippen LogP) is 1.70. The molecule has 0 saturated carbocycles. The topological polar surface area (TPSA) is 76.7 Å². The van der Waals surface area contributed by atoms with E-state index in [4.69, 9.17) is 4.52 Å². The van der Waals surface area contributed by atoms with E-state index in [-0.39, 0.29) is 0 Å². The molecule has 1 saturated heterocycles. The fourth-order valence-electron chi connectivity index (χ4n) is 2.66. The van der Waals surface area contributed by atoms with Crippen molar-refractivity contribution in [3.8, 4) is 11.5 Å². The molecule has 2 atom stereocenters. The van der Waals surface area contributed by atoms with Crippen molar-refractivity contribution in [2.75, 3.05) is 13.1 Å². The normalized spacial score (nSPS) is 20.8. The number of aromatic nitrogens is 4. The minimum Gasteiger partial charge on any atom is -0.339 e. The van der Waals surface area contributed by atoms with Crippen molar-refractivity contribution in [3.63, 3.8) is 0 Å². The van der Waals surface area contributed by atoms with Crippen LogP contribution in [0.15, 0.2) is 23.1 Å². The van der Waals surface area contributed by atoms with Gasteiger partial charge in [-0.05, 0) is 37.8 Å². The Balaban J connectivity index is 1.65. The zero-order valence-corrected chi connectivity index (χ0v) is 11.6. The minimum atomic E-state index is 0.516. The van der Waals surface area contributed by atoms with Crippen LogP contribution in [0, 0.1) is 11.8 Å². The van der Waals surface area contributed by atoms with Crippen molar-refractivity contribution in [2.24, 2.45) is 11.8 Å². The summed E-state index contributed by atoms with van der Waals surface area (Å²) in [4.78, 5) is 12.6. The number of hydrogen-bond acceptors (Lipinski definition) is 6. The third-order valence-electron chi connectivity index (χ3n) is 3.90. The van der Waals surface area contributed by atoms with Crippen LogP contribution in [-0.2, 0) is 6.42 Å². The average molecular weight is 273 g/mol.